The van der Waals surface area contributed by atoms with Crippen LogP contribution in [0.1, 0.15) is 25.3 Å². The molecule has 1 fully saturated rings. The first-order chi connectivity index (χ1) is 12.6. The minimum atomic E-state index is -0.788. The lowest BCUT2D eigenvalue weighted by molar-refractivity contribution is -0.0575. The number of rotatable bonds is 7. The molecule has 5 heteroatoms. The lowest BCUT2D eigenvalue weighted by atomic mass is 9.77. The second kappa shape index (κ2) is 8.81. The molecular weight excluding hydrogens is 394 g/mol. The number of morpholine rings is 1. The van der Waals surface area contributed by atoms with Gasteiger partial charge in [-0.25, -0.2) is 0 Å². The van der Waals surface area contributed by atoms with Crippen molar-refractivity contribution in [3.63, 3.8) is 0 Å². The van der Waals surface area contributed by atoms with Gasteiger partial charge in [-0.3, -0.25) is 0 Å². The van der Waals surface area contributed by atoms with Crippen LogP contribution >= 0.6 is 15.9 Å². The van der Waals surface area contributed by atoms with Crippen molar-refractivity contribution in [2.75, 3.05) is 33.0 Å². The third-order valence-electron chi connectivity index (χ3n) is 5.30. The zero-order valence-corrected chi connectivity index (χ0v) is 16.9. The molecular formula is C21H28BrNO3. The number of allylic oxidation sites excluding steroid dienone is 2. The zero-order valence-electron chi connectivity index (χ0n) is 15.3. The maximum absolute atomic E-state index is 10.2. The van der Waals surface area contributed by atoms with Crippen LogP contribution in [-0.2, 0) is 9.47 Å². The van der Waals surface area contributed by atoms with Gasteiger partial charge in [-0.2, -0.15) is 0 Å². The van der Waals surface area contributed by atoms with Crippen molar-refractivity contribution >= 4 is 21.5 Å². The highest BCUT2D eigenvalue weighted by Gasteiger charge is 2.49. The fourth-order valence-electron chi connectivity index (χ4n) is 3.65. The average molecular weight is 422 g/mol. The predicted molar refractivity (Wildman–Crippen MR) is 109 cm³/mol. The molecule has 0 amide bonds. The van der Waals surface area contributed by atoms with E-state index < -0.39 is 9.93 Å². The van der Waals surface area contributed by atoms with Gasteiger partial charge in [-0.05, 0) is 37.0 Å². The second-order valence-electron chi connectivity index (χ2n) is 7.07. The molecule has 0 saturated carbocycles. The Morgan fingerprint density at radius 3 is 2.85 bits per heavy atom. The van der Waals surface area contributed by atoms with Crippen LogP contribution < -0.4 is 5.32 Å². The van der Waals surface area contributed by atoms with E-state index in [0.29, 0.717) is 12.6 Å². The van der Waals surface area contributed by atoms with Crippen LogP contribution in [0.3, 0.4) is 0 Å². The van der Waals surface area contributed by atoms with E-state index >= 15 is 0 Å². The summed E-state index contributed by atoms with van der Waals surface area (Å²) in [6.07, 6.45) is 7.97. The first-order valence-corrected chi connectivity index (χ1v) is 10.1. The molecule has 2 N–H and O–H groups in total. The van der Waals surface area contributed by atoms with Gasteiger partial charge in [0.05, 0.1) is 24.1 Å². The first kappa shape index (κ1) is 19.8. The van der Waals surface area contributed by atoms with Crippen LogP contribution in [0.15, 0.2) is 48.6 Å². The Morgan fingerprint density at radius 2 is 2.15 bits per heavy atom. The van der Waals surface area contributed by atoms with Crippen molar-refractivity contribution in [1.82, 2.24) is 5.32 Å². The van der Waals surface area contributed by atoms with Crippen molar-refractivity contribution in [3.8, 4) is 0 Å². The van der Waals surface area contributed by atoms with E-state index in [1.807, 2.05) is 30.4 Å². The number of hydrogen-bond acceptors (Lipinski definition) is 4. The summed E-state index contributed by atoms with van der Waals surface area (Å²) in [7, 11) is 0. The fourth-order valence-corrected chi connectivity index (χ4v) is 4.38. The summed E-state index contributed by atoms with van der Waals surface area (Å²) in [5.41, 5.74) is 1.45. The molecule has 2 aliphatic rings. The molecule has 0 bridgehead atoms. The third-order valence-corrected chi connectivity index (χ3v) is 6.40. The number of ether oxygens (including phenoxy) is 2. The Bertz CT molecular complexity index is 638. The summed E-state index contributed by atoms with van der Waals surface area (Å²) < 4.78 is 11.3. The summed E-state index contributed by atoms with van der Waals surface area (Å²) in [5.74, 6) is 0. The summed E-state index contributed by atoms with van der Waals surface area (Å²) in [6, 6.07) is 10.6. The van der Waals surface area contributed by atoms with Crippen LogP contribution in [0.4, 0.5) is 0 Å². The van der Waals surface area contributed by atoms with Gasteiger partial charge in [-0.1, -0.05) is 58.4 Å². The number of benzene rings is 1. The summed E-state index contributed by atoms with van der Waals surface area (Å²) in [5, 5.41) is 13.7. The molecule has 142 valence electrons. The van der Waals surface area contributed by atoms with E-state index in [2.05, 4.69) is 46.4 Å². The highest BCUT2D eigenvalue weighted by Crippen LogP contribution is 2.48. The maximum Gasteiger partial charge on any atom is 0.128 e. The standard InChI is InChI=1S/C21H28BrNO3/c1-20(22)19(17-7-3-2-4-8-17)10-5-11-21(20,16-24)26-13-6-9-18-15-25-14-12-23-18/h2-5,7-8,10-11,18,23-24H,6,9,12-16H2,1H3. The van der Waals surface area contributed by atoms with Crippen molar-refractivity contribution in [3.05, 3.63) is 54.1 Å². The molecule has 1 aromatic rings. The SMILES string of the molecule is CC1(Br)C(c2ccccc2)=CC=CC1(CO)OCCCC1COCCN1. The van der Waals surface area contributed by atoms with Crippen molar-refractivity contribution in [1.29, 1.82) is 0 Å². The smallest absolute Gasteiger partial charge is 0.128 e. The van der Waals surface area contributed by atoms with Gasteiger partial charge in [0.2, 0.25) is 0 Å². The van der Waals surface area contributed by atoms with Crippen LogP contribution in [-0.4, -0.2) is 54.0 Å². The Labute approximate surface area is 164 Å². The molecule has 1 heterocycles. The molecule has 0 radical (unpaired) electrons. The summed E-state index contributed by atoms with van der Waals surface area (Å²) >= 11 is 3.87. The highest BCUT2D eigenvalue weighted by molar-refractivity contribution is 9.10. The van der Waals surface area contributed by atoms with E-state index in [1.165, 1.54) is 0 Å². The first-order valence-electron chi connectivity index (χ1n) is 9.29. The van der Waals surface area contributed by atoms with Crippen LogP contribution in [0.2, 0.25) is 0 Å². The summed E-state index contributed by atoms with van der Waals surface area (Å²) in [4.78, 5) is 0. The van der Waals surface area contributed by atoms with Crippen LogP contribution in [0.25, 0.3) is 5.57 Å². The number of alkyl halides is 1. The minimum absolute atomic E-state index is 0.0831. The van der Waals surface area contributed by atoms with Crippen molar-refractivity contribution < 1.29 is 14.6 Å². The van der Waals surface area contributed by atoms with Gasteiger partial charge in [0, 0.05) is 19.2 Å². The van der Waals surface area contributed by atoms with E-state index in [1.54, 1.807) is 0 Å². The molecule has 1 aliphatic heterocycles. The van der Waals surface area contributed by atoms with Gasteiger partial charge in [0.15, 0.2) is 0 Å². The lowest BCUT2D eigenvalue weighted by Gasteiger charge is -2.45. The molecule has 3 rings (SSSR count). The normalized spacial score (nSPS) is 31.7. The molecule has 3 unspecified atom stereocenters. The molecule has 1 aromatic carbocycles. The van der Waals surface area contributed by atoms with E-state index in [4.69, 9.17) is 9.47 Å². The minimum Gasteiger partial charge on any atom is -0.393 e. The Kier molecular flexibility index (Phi) is 6.70. The monoisotopic (exact) mass is 421 g/mol. The molecule has 0 aromatic heterocycles. The molecule has 0 spiro atoms. The van der Waals surface area contributed by atoms with Gasteiger partial charge in [0.1, 0.15) is 5.60 Å². The van der Waals surface area contributed by atoms with E-state index in [-0.39, 0.29) is 6.61 Å². The number of aliphatic hydroxyl groups excluding tert-OH is 1. The Balaban J connectivity index is 1.65. The van der Waals surface area contributed by atoms with Crippen LogP contribution in [0.5, 0.6) is 0 Å². The van der Waals surface area contributed by atoms with E-state index in [9.17, 15) is 5.11 Å². The van der Waals surface area contributed by atoms with Crippen molar-refractivity contribution in [2.45, 2.75) is 35.7 Å². The molecule has 4 nitrogen and oxygen atoms in total. The number of aliphatic hydroxyl groups is 1. The average Bonchev–Trinajstić information content (AvgIpc) is 2.67. The van der Waals surface area contributed by atoms with Gasteiger partial charge in [-0.15, -0.1) is 0 Å². The second-order valence-corrected chi connectivity index (χ2v) is 8.66. The Hall–Kier alpha value is -0.980. The topological polar surface area (TPSA) is 50.7 Å². The molecule has 1 saturated heterocycles. The largest absolute Gasteiger partial charge is 0.393 e. The predicted octanol–water partition coefficient (Wildman–Crippen LogP) is 3.31. The van der Waals surface area contributed by atoms with Gasteiger partial charge >= 0.3 is 0 Å². The quantitative estimate of drug-likeness (QED) is 0.523. The summed E-state index contributed by atoms with van der Waals surface area (Å²) in [6.45, 7) is 5.05. The fraction of sp³-hybridized carbons (Fsp3) is 0.524. The molecule has 3 atom stereocenters. The number of hydrogen-bond donors (Lipinski definition) is 2. The molecule has 1 aliphatic carbocycles. The van der Waals surface area contributed by atoms with E-state index in [0.717, 1.165) is 43.7 Å². The number of halogens is 1. The van der Waals surface area contributed by atoms with Gasteiger partial charge in [0.25, 0.3) is 0 Å². The highest BCUT2D eigenvalue weighted by atomic mass is 79.9. The maximum atomic E-state index is 10.2. The zero-order chi connectivity index (χ0) is 18.5. The third kappa shape index (κ3) is 4.12. The molecule has 26 heavy (non-hydrogen) atoms. The lowest BCUT2D eigenvalue weighted by Crippen LogP contribution is -2.53. The van der Waals surface area contributed by atoms with Crippen LogP contribution in [0, 0.1) is 0 Å². The van der Waals surface area contributed by atoms with Crippen molar-refractivity contribution in [2.24, 2.45) is 0 Å². The number of nitrogens with one attached hydrogen (secondary N) is 1. The Morgan fingerprint density at radius 1 is 1.35 bits per heavy atom. The van der Waals surface area contributed by atoms with Gasteiger partial charge < -0.3 is 19.9 Å².